The second kappa shape index (κ2) is 7.61. The van der Waals surface area contributed by atoms with Gasteiger partial charge in [0.2, 0.25) is 5.88 Å². The number of nitrogens with two attached hydrogens (primary N) is 1. The zero-order valence-electron chi connectivity index (χ0n) is 17.7. The number of hydrogen-bond acceptors (Lipinski definition) is 5. The molecule has 1 aromatic heterocycles. The van der Waals surface area contributed by atoms with Crippen LogP contribution in [0, 0.1) is 5.82 Å². The number of hydrogen-bond donors (Lipinski definition) is 2. The first kappa shape index (κ1) is 20.3. The Morgan fingerprint density at radius 2 is 1.97 bits per heavy atom. The molecule has 2 aromatic carbocycles. The zero-order chi connectivity index (χ0) is 22.6. The van der Waals surface area contributed by atoms with E-state index in [4.69, 9.17) is 26.8 Å². The lowest BCUT2D eigenvalue weighted by Crippen LogP contribution is -2.34. The first-order valence-corrected chi connectivity index (χ1v) is 11.2. The number of pyridine rings is 1. The Hall–Kier alpha value is -3.35. The van der Waals surface area contributed by atoms with E-state index in [0.717, 1.165) is 28.7 Å². The first-order valence-electron chi connectivity index (χ1n) is 10.8. The van der Waals surface area contributed by atoms with Gasteiger partial charge in [-0.2, -0.15) is 0 Å². The molecule has 3 aromatic rings. The molecular formula is C26H21ClFN3O2. The smallest absolute Gasteiger partial charge is 0.223 e. The van der Waals surface area contributed by atoms with Crippen molar-refractivity contribution in [3.05, 3.63) is 94.2 Å². The SMILES string of the molecule is NC1=C[C@]2(CN1)c1cc(-c3cc(Cl)ccc3F)ccc1Oc1ncc(C3=CCOCC3)cc12. The monoisotopic (exact) mass is 461 g/mol. The summed E-state index contributed by atoms with van der Waals surface area (Å²) in [5.74, 6) is 1.48. The van der Waals surface area contributed by atoms with Crippen molar-refractivity contribution in [2.45, 2.75) is 11.8 Å². The summed E-state index contributed by atoms with van der Waals surface area (Å²) >= 11 is 6.16. The molecule has 0 unspecified atom stereocenters. The third-order valence-corrected chi connectivity index (χ3v) is 6.78. The van der Waals surface area contributed by atoms with E-state index in [2.05, 4.69) is 22.4 Å². The maximum Gasteiger partial charge on any atom is 0.223 e. The van der Waals surface area contributed by atoms with Crippen molar-refractivity contribution >= 4 is 17.2 Å². The molecule has 6 rings (SSSR count). The second-order valence-corrected chi connectivity index (χ2v) is 8.93. The summed E-state index contributed by atoms with van der Waals surface area (Å²) in [5.41, 5.74) is 10.9. The molecule has 0 saturated heterocycles. The van der Waals surface area contributed by atoms with Crippen LogP contribution in [0.3, 0.4) is 0 Å². The molecule has 33 heavy (non-hydrogen) atoms. The summed E-state index contributed by atoms with van der Waals surface area (Å²) in [7, 11) is 0. The van der Waals surface area contributed by atoms with Gasteiger partial charge in [-0.3, -0.25) is 0 Å². The molecule has 0 amide bonds. The molecule has 3 N–H and O–H groups in total. The van der Waals surface area contributed by atoms with Crippen LogP contribution in [0.25, 0.3) is 16.7 Å². The fraction of sp³-hybridized carbons (Fsp3) is 0.192. The van der Waals surface area contributed by atoms with Gasteiger partial charge in [0.15, 0.2) is 0 Å². The number of fused-ring (bicyclic) bond motifs is 4. The van der Waals surface area contributed by atoms with E-state index in [0.29, 0.717) is 47.8 Å². The highest BCUT2D eigenvalue weighted by atomic mass is 35.5. The highest BCUT2D eigenvalue weighted by Crippen LogP contribution is 2.51. The van der Waals surface area contributed by atoms with Gasteiger partial charge in [0.1, 0.15) is 11.6 Å². The fourth-order valence-corrected chi connectivity index (χ4v) is 5.05. The Kier molecular flexibility index (Phi) is 4.67. The number of ether oxygens (including phenoxy) is 2. The Balaban J connectivity index is 1.54. The number of nitrogens with zero attached hydrogens (tertiary/aromatic N) is 1. The van der Waals surface area contributed by atoms with Gasteiger partial charge in [0.25, 0.3) is 0 Å². The number of aromatic nitrogens is 1. The van der Waals surface area contributed by atoms with Crippen molar-refractivity contribution in [1.29, 1.82) is 0 Å². The van der Waals surface area contributed by atoms with Crippen LogP contribution in [0.15, 0.2) is 66.6 Å². The molecule has 166 valence electrons. The number of rotatable bonds is 2. The van der Waals surface area contributed by atoms with Crippen molar-refractivity contribution in [1.82, 2.24) is 10.3 Å². The van der Waals surface area contributed by atoms with Crippen LogP contribution in [0.2, 0.25) is 5.02 Å². The van der Waals surface area contributed by atoms with Crippen molar-refractivity contribution in [2.24, 2.45) is 5.73 Å². The molecular weight excluding hydrogens is 441 g/mol. The van der Waals surface area contributed by atoms with Gasteiger partial charge in [-0.15, -0.1) is 0 Å². The minimum absolute atomic E-state index is 0.333. The fourth-order valence-electron chi connectivity index (χ4n) is 4.88. The van der Waals surface area contributed by atoms with E-state index in [1.165, 1.54) is 11.6 Å². The largest absolute Gasteiger partial charge is 0.438 e. The number of nitrogens with one attached hydrogen (secondary N) is 1. The molecule has 5 nitrogen and oxygen atoms in total. The Morgan fingerprint density at radius 3 is 2.76 bits per heavy atom. The van der Waals surface area contributed by atoms with Crippen LogP contribution in [0.1, 0.15) is 23.1 Å². The molecule has 0 bridgehead atoms. The van der Waals surface area contributed by atoms with E-state index >= 15 is 0 Å². The lowest BCUT2D eigenvalue weighted by atomic mass is 9.73. The predicted octanol–water partition coefficient (Wildman–Crippen LogP) is 5.14. The van der Waals surface area contributed by atoms with E-state index in [1.54, 1.807) is 12.1 Å². The standard InChI is InChI=1S/C26H21ClFN3O2/c27-18-2-3-22(28)19(11-18)16-1-4-23-20(9-16)26(12-24(29)31-14-26)21-10-17(13-30-25(21)33-23)15-5-7-32-8-6-15/h1-5,9-13,31H,6-8,14,29H2/t26-/m0/s1. The summed E-state index contributed by atoms with van der Waals surface area (Å²) in [6.07, 6.45) is 6.78. The lowest BCUT2D eigenvalue weighted by Gasteiger charge is -2.35. The molecule has 0 radical (unpaired) electrons. The molecule has 3 aliphatic rings. The second-order valence-electron chi connectivity index (χ2n) is 8.49. The predicted molar refractivity (Wildman–Crippen MR) is 126 cm³/mol. The minimum Gasteiger partial charge on any atom is -0.438 e. The highest BCUT2D eigenvalue weighted by molar-refractivity contribution is 6.30. The van der Waals surface area contributed by atoms with Gasteiger partial charge in [-0.25, -0.2) is 9.37 Å². The van der Waals surface area contributed by atoms with E-state index < -0.39 is 5.41 Å². The summed E-state index contributed by atoms with van der Waals surface area (Å²) in [6.45, 7) is 1.84. The van der Waals surface area contributed by atoms with Crippen LogP contribution < -0.4 is 15.8 Å². The summed E-state index contributed by atoms with van der Waals surface area (Å²) in [6, 6.07) is 12.3. The Labute approximate surface area is 195 Å². The maximum absolute atomic E-state index is 14.7. The van der Waals surface area contributed by atoms with Crippen molar-refractivity contribution in [3.8, 4) is 22.8 Å². The number of benzene rings is 2. The van der Waals surface area contributed by atoms with Gasteiger partial charge in [-0.1, -0.05) is 23.7 Å². The molecule has 0 fully saturated rings. The third kappa shape index (κ3) is 3.29. The maximum atomic E-state index is 14.7. The molecule has 1 atom stereocenters. The zero-order valence-corrected chi connectivity index (χ0v) is 18.5. The highest BCUT2D eigenvalue weighted by Gasteiger charge is 2.45. The van der Waals surface area contributed by atoms with Crippen molar-refractivity contribution < 1.29 is 13.9 Å². The quantitative estimate of drug-likeness (QED) is 0.553. The van der Waals surface area contributed by atoms with E-state index in [1.807, 2.05) is 30.5 Å². The first-order chi connectivity index (χ1) is 16.0. The van der Waals surface area contributed by atoms with Crippen LogP contribution in [0.4, 0.5) is 4.39 Å². The van der Waals surface area contributed by atoms with Crippen molar-refractivity contribution in [2.75, 3.05) is 19.8 Å². The van der Waals surface area contributed by atoms with Gasteiger partial charge in [0.05, 0.1) is 24.4 Å². The molecule has 7 heteroatoms. The topological polar surface area (TPSA) is 69.4 Å². The molecule has 3 aliphatic heterocycles. The van der Waals surface area contributed by atoms with E-state index in [-0.39, 0.29) is 5.82 Å². The van der Waals surface area contributed by atoms with Gasteiger partial charge in [-0.05, 0) is 65.6 Å². The average molecular weight is 462 g/mol. The van der Waals surface area contributed by atoms with E-state index in [9.17, 15) is 4.39 Å². The van der Waals surface area contributed by atoms with Gasteiger partial charge >= 0.3 is 0 Å². The van der Waals surface area contributed by atoms with Crippen LogP contribution in [-0.2, 0) is 10.2 Å². The normalized spacial score (nSPS) is 20.9. The van der Waals surface area contributed by atoms with Gasteiger partial charge < -0.3 is 20.5 Å². The minimum atomic E-state index is -0.590. The summed E-state index contributed by atoms with van der Waals surface area (Å²) in [4.78, 5) is 4.66. The molecule has 1 spiro atoms. The summed E-state index contributed by atoms with van der Waals surface area (Å²) < 4.78 is 26.3. The Bertz CT molecular complexity index is 1350. The molecule has 0 aliphatic carbocycles. The summed E-state index contributed by atoms with van der Waals surface area (Å²) in [5, 5.41) is 3.74. The average Bonchev–Trinajstić information content (AvgIpc) is 3.23. The van der Waals surface area contributed by atoms with Crippen LogP contribution in [-0.4, -0.2) is 24.7 Å². The van der Waals surface area contributed by atoms with Crippen LogP contribution in [0.5, 0.6) is 11.6 Å². The number of halogens is 2. The van der Waals surface area contributed by atoms with Gasteiger partial charge in [0, 0.05) is 34.5 Å². The molecule has 0 saturated carbocycles. The Morgan fingerprint density at radius 1 is 1.09 bits per heavy atom. The third-order valence-electron chi connectivity index (χ3n) is 6.55. The lowest BCUT2D eigenvalue weighted by molar-refractivity contribution is 0.161. The van der Waals surface area contributed by atoms with Crippen molar-refractivity contribution in [3.63, 3.8) is 0 Å². The molecule has 4 heterocycles. The van der Waals surface area contributed by atoms with Crippen LogP contribution >= 0.6 is 11.6 Å².